The average Bonchev–Trinajstić information content (AvgIpc) is 3.45. The number of aryl methyl sites for hydroxylation is 1. The summed E-state index contributed by atoms with van der Waals surface area (Å²) in [4.78, 5) is 14.5. The van der Waals surface area contributed by atoms with E-state index in [9.17, 15) is 0 Å². The van der Waals surface area contributed by atoms with E-state index < -0.39 is 21.1 Å². The third-order valence-corrected chi connectivity index (χ3v) is 11.2. The Morgan fingerprint density at radius 1 is 1.07 bits per heavy atom. The monoisotopic (exact) mass is 702 g/mol. The fraction of sp³-hybridized carbons (Fsp3) is 0.394. The number of benzene rings is 2. The zero-order valence-corrected chi connectivity index (χ0v) is 29.0. The van der Waals surface area contributed by atoms with Crippen LogP contribution in [0.3, 0.4) is 0 Å². The van der Waals surface area contributed by atoms with E-state index in [1.807, 2.05) is 36.0 Å². The third-order valence-electron chi connectivity index (χ3n) is 7.58. The van der Waals surface area contributed by atoms with Crippen LogP contribution in [0.1, 0.15) is 57.4 Å². The Labute approximate surface area is 267 Å². The molecular formula is C33H38N6O4Sn. The number of rotatable bonds is 9. The van der Waals surface area contributed by atoms with Gasteiger partial charge < -0.3 is 0 Å². The second-order valence-corrected chi connectivity index (χ2v) is 18.4. The minimum absolute atomic E-state index is 0.0719. The number of hydrogen-bond acceptors (Lipinski definition) is 9. The van der Waals surface area contributed by atoms with Gasteiger partial charge >= 0.3 is 262 Å². The van der Waals surface area contributed by atoms with Crippen LogP contribution in [0.25, 0.3) is 21.8 Å². The Kier molecular flexibility index (Phi) is 8.82. The van der Waals surface area contributed by atoms with E-state index >= 15 is 0 Å². The molecule has 2 radical (unpaired) electrons. The molecule has 2 aromatic carbocycles. The summed E-state index contributed by atoms with van der Waals surface area (Å²) in [6.45, 7) is 10.1. The Morgan fingerprint density at radius 3 is 2.68 bits per heavy atom. The summed E-state index contributed by atoms with van der Waals surface area (Å²) in [5.41, 5.74) is 3.73. The van der Waals surface area contributed by atoms with Crippen LogP contribution in [0.5, 0.6) is 23.1 Å². The van der Waals surface area contributed by atoms with Crippen molar-refractivity contribution in [3.05, 3.63) is 60.0 Å². The first-order chi connectivity index (χ1) is 21.2. The zero-order valence-electron chi connectivity index (χ0n) is 26.1. The van der Waals surface area contributed by atoms with Gasteiger partial charge in [0.1, 0.15) is 0 Å². The summed E-state index contributed by atoms with van der Waals surface area (Å²) >= 11 is -1.08. The summed E-state index contributed by atoms with van der Waals surface area (Å²) in [6.07, 6.45) is 6.54. The molecule has 1 aliphatic rings. The number of nitrogens with zero attached hydrogens (tertiary/aromatic N) is 5. The molecule has 228 valence electrons. The fourth-order valence-corrected chi connectivity index (χ4v) is 8.70. The fourth-order valence-electron chi connectivity index (χ4n) is 5.46. The molecule has 1 fully saturated rings. The van der Waals surface area contributed by atoms with Crippen molar-refractivity contribution in [2.24, 2.45) is 0 Å². The molecule has 11 heteroatoms. The first-order valence-electron chi connectivity index (χ1n) is 14.9. The van der Waals surface area contributed by atoms with Crippen LogP contribution in [-0.4, -0.2) is 66.7 Å². The van der Waals surface area contributed by atoms with Gasteiger partial charge in [-0.25, -0.2) is 0 Å². The molecule has 0 saturated carbocycles. The van der Waals surface area contributed by atoms with Crippen LogP contribution in [0.15, 0.2) is 48.9 Å². The molecule has 1 saturated heterocycles. The number of nitrogens with one attached hydrogen (secondary N) is 1. The summed E-state index contributed by atoms with van der Waals surface area (Å²) < 4.78 is 27.1. The molecule has 1 N–H and O–H groups in total. The first kappa shape index (κ1) is 30.4. The van der Waals surface area contributed by atoms with Crippen LogP contribution in [-0.2, 0) is 11.3 Å². The van der Waals surface area contributed by atoms with Crippen molar-refractivity contribution in [2.75, 3.05) is 26.1 Å². The van der Waals surface area contributed by atoms with Crippen LogP contribution in [0.2, 0.25) is 3.43 Å². The van der Waals surface area contributed by atoms with Crippen molar-refractivity contribution >= 4 is 52.5 Å². The predicted molar refractivity (Wildman–Crippen MR) is 173 cm³/mol. The molecular weight excluding hydrogens is 663 g/mol. The molecule has 4 heterocycles. The molecule has 6 rings (SSSR count). The number of aromatic nitrogens is 5. The SMILES string of the molecule is COc1ccc(CNc2ncnc3c[c]([Sn][C](C)(C)C)nc(Oc4c(C)ccc5c4cnn5C4CCCCO4)c23)c(OC)c1. The van der Waals surface area contributed by atoms with Gasteiger partial charge in [-0.05, 0) is 0 Å². The Balaban J connectivity index is 1.43. The first-order valence-corrected chi connectivity index (χ1v) is 17.7. The quantitative estimate of drug-likeness (QED) is 0.176. The van der Waals surface area contributed by atoms with Crippen molar-refractivity contribution in [2.45, 2.75) is 63.2 Å². The Morgan fingerprint density at radius 2 is 1.93 bits per heavy atom. The number of ether oxygens (including phenoxy) is 4. The van der Waals surface area contributed by atoms with Crippen LogP contribution >= 0.6 is 0 Å². The van der Waals surface area contributed by atoms with Crippen molar-refractivity contribution in [1.29, 1.82) is 0 Å². The Bertz CT molecular complexity index is 1800. The van der Waals surface area contributed by atoms with E-state index in [1.54, 1.807) is 20.5 Å². The number of hydrogen-bond donors (Lipinski definition) is 1. The van der Waals surface area contributed by atoms with Crippen molar-refractivity contribution in [3.8, 4) is 23.1 Å². The van der Waals surface area contributed by atoms with E-state index in [0.29, 0.717) is 18.2 Å². The summed E-state index contributed by atoms with van der Waals surface area (Å²) in [5, 5.41) is 9.89. The molecule has 1 aliphatic heterocycles. The van der Waals surface area contributed by atoms with Crippen molar-refractivity contribution in [1.82, 2.24) is 24.7 Å². The van der Waals surface area contributed by atoms with E-state index in [0.717, 1.165) is 79.8 Å². The molecule has 5 aromatic rings. The molecule has 0 amide bonds. The van der Waals surface area contributed by atoms with Gasteiger partial charge in [-0.2, -0.15) is 0 Å². The molecule has 0 bridgehead atoms. The van der Waals surface area contributed by atoms with Crippen LogP contribution in [0.4, 0.5) is 5.82 Å². The standard InChI is InChI=1S/C29H29N6O4.C4H9.Sn/c1-18-7-10-23-21(16-34-35(23)25-6-4-5-13-38-25)27(18)39-29-26-22(11-12-30-29)32-17-33-28(26)31-15-19-8-9-20(36-2)14-24(19)37-3;1-4(2)3;/h7-11,14,16-17,25H,4-6,13,15H2,1-3H3,(H,31,32,33);1-3H3;. The van der Waals surface area contributed by atoms with Crippen LogP contribution < -0.4 is 23.2 Å². The Hall–Kier alpha value is -3.64. The molecule has 10 nitrogen and oxygen atoms in total. The van der Waals surface area contributed by atoms with E-state index in [4.69, 9.17) is 29.0 Å². The van der Waals surface area contributed by atoms with Gasteiger partial charge in [0, 0.05) is 0 Å². The minimum atomic E-state index is -1.08. The number of fused-ring (bicyclic) bond motifs is 2. The van der Waals surface area contributed by atoms with Crippen molar-refractivity contribution in [3.63, 3.8) is 0 Å². The maximum absolute atomic E-state index is 6.82. The van der Waals surface area contributed by atoms with Crippen LogP contribution in [0, 0.1) is 6.92 Å². The maximum atomic E-state index is 6.82. The average molecular weight is 701 g/mol. The summed E-state index contributed by atoms with van der Waals surface area (Å²) in [6, 6.07) is 12.0. The van der Waals surface area contributed by atoms with E-state index in [2.05, 4.69) is 54.3 Å². The van der Waals surface area contributed by atoms with Gasteiger partial charge in [-0.1, -0.05) is 0 Å². The normalized spacial score (nSPS) is 15.5. The second kappa shape index (κ2) is 12.8. The zero-order chi connectivity index (χ0) is 30.8. The number of methoxy groups -OCH3 is 2. The molecule has 3 aromatic heterocycles. The predicted octanol–water partition coefficient (Wildman–Crippen LogP) is 6.35. The van der Waals surface area contributed by atoms with Gasteiger partial charge in [0.05, 0.1) is 7.11 Å². The second-order valence-electron chi connectivity index (χ2n) is 12.0. The van der Waals surface area contributed by atoms with E-state index in [-0.39, 0.29) is 9.66 Å². The van der Waals surface area contributed by atoms with Gasteiger partial charge in [0.25, 0.3) is 0 Å². The topological polar surface area (TPSA) is 105 Å². The van der Waals surface area contributed by atoms with Gasteiger partial charge in [-0.15, -0.1) is 0 Å². The number of anilines is 1. The summed E-state index contributed by atoms with van der Waals surface area (Å²) in [5.74, 6) is 3.32. The molecule has 0 spiro atoms. The number of pyridine rings is 1. The molecule has 1 unspecified atom stereocenters. The molecule has 1 atom stereocenters. The molecule has 44 heavy (non-hydrogen) atoms. The van der Waals surface area contributed by atoms with Gasteiger partial charge in [0.15, 0.2) is 0 Å². The van der Waals surface area contributed by atoms with E-state index in [1.165, 1.54) is 0 Å². The third kappa shape index (κ3) is 6.41. The van der Waals surface area contributed by atoms with Gasteiger partial charge in [-0.3, -0.25) is 0 Å². The molecule has 0 aliphatic carbocycles. The van der Waals surface area contributed by atoms with Gasteiger partial charge in [0.2, 0.25) is 0 Å². The van der Waals surface area contributed by atoms with Crippen molar-refractivity contribution < 1.29 is 18.9 Å². The summed E-state index contributed by atoms with van der Waals surface area (Å²) in [7, 11) is 3.30.